The number of hydrogen-bond acceptors (Lipinski definition) is 2. The summed E-state index contributed by atoms with van der Waals surface area (Å²) in [5.74, 6) is 0.0221. The summed E-state index contributed by atoms with van der Waals surface area (Å²) < 4.78 is 0. The van der Waals surface area contributed by atoms with Gasteiger partial charge < -0.3 is 16.4 Å². The number of nitrogens with two attached hydrogens (primary N) is 1. The number of carbonyl (C=O) groups is 2. The second-order valence-electron chi connectivity index (χ2n) is 5.63. The molecule has 0 saturated heterocycles. The molecule has 2 rings (SSSR count). The molecule has 0 spiro atoms. The van der Waals surface area contributed by atoms with E-state index >= 15 is 0 Å². The van der Waals surface area contributed by atoms with Crippen LogP contribution in [0.25, 0.3) is 0 Å². The highest BCUT2D eigenvalue weighted by atomic mass is 16.2. The lowest BCUT2D eigenvalue weighted by Crippen LogP contribution is -2.23. The Hall–Kier alpha value is -2.82. The number of hydrogen-bond donors (Lipinski definition) is 3. The van der Waals surface area contributed by atoms with Crippen molar-refractivity contribution in [3.8, 4) is 0 Å². The fraction of sp³-hybridized carbons (Fsp3) is 0.263. The Bertz CT molecular complexity index is 679. The number of urea groups is 1. The SMILES string of the molecule is CCc1ccc(CCC(=O)NCc2ccc(NC(N)=O)cc2)cc1. The molecule has 2 aromatic carbocycles. The summed E-state index contributed by atoms with van der Waals surface area (Å²) in [7, 11) is 0. The van der Waals surface area contributed by atoms with Crippen LogP contribution in [0, 0.1) is 0 Å². The van der Waals surface area contributed by atoms with Gasteiger partial charge in [0, 0.05) is 18.7 Å². The smallest absolute Gasteiger partial charge is 0.316 e. The molecule has 0 aliphatic rings. The summed E-state index contributed by atoms with van der Waals surface area (Å²) in [6, 6.07) is 15.0. The molecular weight excluding hydrogens is 302 g/mol. The molecule has 0 unspecified atom stereocenters. The molecule has 0 atom stereocenters. The van der Waals surface area contributed by atoms with Gasteiger partial charge in [0.05, 0.1) is 0 Å². The summed E-state index contributed by atoms with van der Waals surface area (Å²) in [6.07, 6.45) is 2.22. The van der Waals surface area contributed by atoms with Crippen molar-refractivity contribution in [3.05, 3.63) is 65.2 Å². The van der Waals surface area contributed by atoms with E-state index in [4.69, 9.17) is 5.73 Å². The Labute approximate surface area is 142 Å². The standard InChI is InChI=1S/C19H23N3O2/c1-2-14-3-5-15(6-4-14)9-12-18(23)21-13-16-7-10-17(11-8-16)22-19(20)24/h3-8,10-11H,2,9,12-13H2,1H3,(H,21,23)(H3,20,22,24). The predicted octanol–water partition coefficient (Wildman–Crippen LogP) is 2.99. The van der Waals surface area contributed by atoms with Gasteiger partial charge in [-0.3, -0.25) is 4.79 Å². The van der Waals surface area contributed by atoms with Crippen LogP contribution in [0.1, 0.15) is 30.0 Å². The molecule has 2 aromatic rings. The molecule has 0 aliphatic carbocycles. The van der Waals surface area contributed by atoms with Crippen LogP contribution < -0.4 is 16.4 Å². The Morgan fingerprint density at radius 2 is 1.50 bits per heavy atom. The molecule has 5 nitrogen and oxygen atoms in total. The molecule has 0 radical (unpaired) electrons. The summed E-state index contributed by atoms with van der Waals surface area (Å²) in [4.78, 5) is 22.7. The second kappa shape index (κ2) is 8.72. The van der Waals surface area contributed by atoms with Crippen molar-refractivity contribution < 1.29 is 9.59 Å². The summed E-state index contributed by atoms with van der Waals surface area (Å²) >= 11 is 0. The number of nitrogens with one attached hydrogen (secondary N) is 2. The van der Waals surface area contributed by atoms with E-state index in [1.54, 1.807) is 12.1 Å². The minimum absolute atomic E-state index is 0.0221. The normalized spacial score (nSPS) is 10.2. The molecule has 0 bridgehead atoms. The minimum atomic E-state index is -0.594. The number of anilines is 1. The zero-order chi connectivity index (χ0) is 17.4. The van der Waals surface area contributed by atoms with Crippen molar-refractivity contribution >= 4 is 17.6 Å². The van der Waals surface area contributed by atoms with E-state index in [1.165, 1.54) is 11.1 Å². The van der Waals surface area contributed by atoms with E-state index in [9.17, 15) is 9.59 Å². The Balaban J connectivity index is 1.75. The Kier molecular flexibility index (Phi) is 6.37. The molecule has 0 heterocycles. The van der Waals surface area contributed by atoms with Crippen molar-refractivity contribution in [2.45, 2.75) is 32.7 Å². The van der Waals surface area contributed by atoms with E-state index < -0.39 is 6.03 Å². The van der Waals surface area contributed by atoms with Gasteiger partial charge in [-0.2, -0.15) is 0 Å². The summed E-state index contributed by atoms with van der Waals surface area (Å²) in [5, 5.41) is 5.40. The van der Waals surface area contributed by atoms with E-state index in [2.05, 4.69) is 41.8 Å². The van der Waals surface area contributed by atoms with Crippen molar-refractivity contribution in [1.82, 2.24) is 5.32 Å². The lowest BCUT2D eigenvalue weighted by Gasteiger charge is -2.07. The van der Waals surface area contributed by atoms with Gasteiger partial charge in [0.15, 0.2) is 0 Å². The minimum Gasteiger partial charge on any atom is -0.352 e. The van der Waals surface area contributed by atoms with Crippen LogP contribution in [0.4, 0.5) is 10.5 Å². The van der Waals surface area contributed by atoms with Gasteiger partial charge in [0.2, 0.25) is 5.91 Å². The molecule has 126 valence electrons. The Morgan fingerprint density at radius 1 is 0.917 bits per heavy atom. The Morgan fingerprint density at radius 3 is 2.08 bits per heavy atom. The number of benzene rings is 2. The first kappa shape index (κ1) is 17.5. The lowest BCUT2D eigenvalue weighted by atomic mass is 10.1. The largest absolute Gasteiger partial charge is 0.352 e. The van der Waals surface area contributed by atoms with E-state index in [0.717, 1.165) is 18.4 Å². The maximum Gasteiger partial charge on any atom is 0.316 e. The van der Waals surface area contributed by atoms with Gasteiger partial charge in [-0.25, -0.2) is 4.79 Å². The highest BCUT2D eigenvalue weighted by Gasteiger charge is 2.03. The zero-order valence-corrected chi connectivity index (χ0v) is 13.8. The van der Waals surface area contributed by atoms with E-state index in [0.29, 0.717) is 18.7 Å². The van der Waals surface area contributed by atoms with Crippen LogP contribution in [0.2, 0.25) is 0 Å². The fourth-order valence-electron chi connectivity index (χ4n) is 2.34. The van der Waals surface area contributed by atoms with Crippen molar-refractivity contribution in [2.24, 2.45) is 5.73 Å². The van der Waals surface area contributed by atoms with Crippen LogP contribution in [0.3, 0.4) is 0 Å². The molecule has 24 heavy (non-hydrogen) atoms. The number of primary amides is 1. The van der Waals surface area contributed by atoms with Gasteiger partial charge in [-0.05, 0) is 41.7 Å². The van der Waals surface area contributed by atoms with Crippen molar-refractivity contribution in [1.29, 1.82) is 0 Å². The first-order chi connectivity index (χ1) is 11.6. The first-order valence-corrected chi connectivity index (χ1v) is 8.06. The molecule has 5 heteroatoms. The zero-order valence-electron chi connectivity index (χ0n) is 13.8. The average molecular weight is 325 g/mol. The average Bonchev–Trinajstić information content (AvgIpc) is 2.59. The highest BCUT2D eigenvalue weighted by molar-refractivity contribution is 5.87. The quantitative estimate of drug-likeness (QED) is 0.731. The van der Waals surface area contributed by atoms with Gasteiger partial charge in [0.1, 0.15) is 0 Å². The third-order valence-corrected chi connectivity index (χ3v) is 3.78. The molecule has 0 aromatic heterocycles. The second-order valence-corrected chi connectivity index (χ2v) is 5.63. The van der Waals surface area contributed by atoms with E-state index in [1.807, 2.05) is 12.1 Å². The van der Waals surface area contributed by atoms with Crippen molar-refractivity contribution in [2.75, 3.05) is 5.32 Å². The number of carbonyl (C=O) groups excluding carboxylic acids is 2. The van der Waals surface area contributed by atoms with Crippen LogP contribution in [-0.2, 0) is 24.2 Å². The maximum atomic E-state index is 11.9. The maximum absolute atomic E-state index is 11.9. The molecular formula is C19H23N3O2. The predicted molar refractivity (Wildman–Crippen MR) is 95.6 cm³/mol. The topological polar surface area (TPSA) is 84.2 Å². The van der Waals surface area contributed by atoms with Crippen LogP contribution in [0.5, 0.6) is 0 Å². The number of rotatable bonds is 7. The van der Waals surface area contributed by atoms with Crippen LogP contribution in [-0.4, -0.2) is 11.9 Å². The van der Waals surface area contributed by atoms with Crippen molar-refractivity contribution in [3.63, 3.8) is 0 Å². The molecule has 0 fully saturated rings. The molecule has 0 saturated carbocycles. The fourth-order valence-corrected chi connectivity index (χ4v) is 2.34. The van der Waals surface area contributed by atoms with Crippen LogP contribution >= 0.6 is 0 Å². The summed E-state index contributed by atoms with van der Waals surface area (Å²) in [5.41, 5.74) is 9.12. The van der Waals surface area contributed by atoms with Gasteiger partial charge in [0.25, 0.3) is 0 Å². The molecule has 4 N–H and O–H groups in total. The highest BCUT2D eigenvalue weighted by Crippen LogP contribution is 2.10. The third-order valence-electron chi connectivity index (χ3n) is 3.78. The third kappa shape index (κ3) is 5.76. The van der Waals surface area contributed by atoms with Gasteiger partial charge >= 0.3 is 6.03 Å². The van der Waals surface area contributed by atoms with Crippen LogP contribution in [0.15, 0.2) is 48.5 Å². The van der Waals surface area contributed by atoms with Gasteiger partial charge in [-0.15, -0.1) is 0 Å². The molecule has 0 aliphatic heterocycles. The van der Waals surface area contributed by atoms with Gasteiger partial charge in [-0.1, -0.05) is 43.3 Å². The van der Waals surface area contributed by atoms with E-state index in [-0.39, 0.29) is 5.91 Å². The molecule has 3 amide bonds. The summed E-state index contributed by atoms with van der Waals surface area (Å²) in [6.45, 7) is 2.59. The lowest BCUT2D eigenvalue weighted by molar-refractivity contribution is -0.121. The number of aryl methyl sites for hydroxylation is 2. The first-order valence-electron chi connectivity index (χ1n) is 8.06. The number of amides is 3. The monoisotopic (exact) mass is 325 g/mol.